The van der Waals surface area contributed by atoms with E-state index in [1.54, 1.807) is 24.1 Å². The van der Waals surface area contributed by atoms with Crippen molar-refractivity contribution in [3.63, 3.8) is 0 Å². The molecule has 2 aromatic rings. The average molecular weight is 305 g/mol. The Hall–Kier alpha value is -2.81. The quantitative estimate of drug-likeness (QED) is 0.873. The zero-order chi connectivity index (χ0) is 16.4. The molecule has 0 saturated carbocycles. The van der Waals surface area contributed by atoms with Crippen LogP contribution in [0.25, 0.3) is 5.70 Å². The molecular weight excluding hydrogens is 286 g/mol. The summed E-state index contributed by atoms with van der Waals surface area (Å²) in [4.78, 5) is 14.3. The fourth-order valence-corrected chi connectivity index (χ4v) is 2.98. The fraction of sp³-hybridized carbons (Fsp3) is 0.150. The number of amides is 1. The monoisotopic (exact) mass is 305 g/mol. The van der Waals surface area contributed by atoms with E-state index in [1.807, 2.05) is 24.3 Å². The Morgan fingerprint density at radius 1 is 1.13 bits per heavy atom. The van der Waals surface area contributed by atoms with Crippen molar-refractivity contribution in [1.82, 2.24) is 4.90 Å². The van der Waals surface area contributed by atoms with Crippen LogP contribution in [0.4, 0.5) is 0 Å². The van der Waals surface area contributed by atoms with E-state index in [9.17, 15) is 9.90 Å². The number of rotatable bonds is 4. The highest BCUT2D eigenvalue weighted by molar-refractivity contribution is 6.10. The molecule has 0 radical (unpaired) electrons. The smallest absolute Gasteiger partial charge is 0.259 e. The molecule has 1 aliphatic heterocycles. The van der Waals surface area contributed by atoms with E-state index in [0.29, 0.717) is 17.5 Å². The van der Waals surface area contributed by atoms with Crippen molar-refractivity contribution in [1.29, 1.82) is 0 Å². The maximum absolute atomic E-state index is 12.6. The molecule has 23 heavy (non-hydrogen) atoms. The highest BCUT2D eigenvalue weighted by atomic mass is 16.3. The Morgan fingerprint density at radius 3 is 2.57 bits per heavy atom. The summed E-state index contributed by atoms with van der Waals surface area (Å²) in [6.07, 6.45) is 4.99. The molecule has 3 heteroatoms. The van der Waals surface area contributed by atoms with Crippen LogP contribution in [0.2, 0.25) is 0 Å². The number of nitrogens with zero attached hydrogens (tertiary/aromatic N) is 1. The number of hydrogen-bond donors (Lipinski definition) is 1. The Balaban J connectivity index is 2.04. The number of phenolic OH excluding ortho intramolecular Hbond substituents is 1. The van der Waals surface area contributed by atoms with Gasteiger partial charge in [0.15, 0.2) is 0 Å². The van der Waals surface area contributed by atoms with Crippen LogP contribution in [0.1, 0.15) is 27.0 Å². The first kappa shape index (κ1) is 15.1. The third kappa shape index (κ3) is 2.66. The molecule has 3 rings (SSSR count). The van der Waals surface area contributed by atoms with Crippen LogP contribution >= 0.6 is 0 Å². The summed E-state index contributed by atoms with van der Waals surface area (Å²) in [6.45, 7) is 3.71. The third-order valence-electron chi connectivity index (χ3n) is 4.17. The molecule has 0 fully saturated rings. The number of carbonyl (C=O) groups excluding carboxylic acids is 1. The van der Waals surface area contributed by atoms with Crippen molar-refractivity contribution < 1.29 is 9.90 Å². The maximum Gasteiger partial charge on any atom is 0.259 e. The predicted octanol–water partition coefficient (Wildman–Crippen LogP) is 3.79. The molecule has 0 atom stereocenters. The van der Waals surface area contributed by atoms with Gasteiger partial charge in [-0.1, -0.05) is 42.5 Å². The number of hydrogen-bond acceptors (Lipinski definition) is 2. The van der Waals surface area contributed by atoms with Crippen LogP contribution in [-0.2, 0) is 12.8 Å². The first-order valence-electron chi connectivity index (χ1n) is 7.61. The zero-order valence-electron chi connectivity index (χ0n) is 13.1. The first-order valence-corrected chi connectivity index (χ1v) is 7.61. The Kier molecular flexibility index (Phi) is 4.02. The first-order chi connectivity index (χ1) is 11.1. The molecular formula is C20H19NO2. The SMILES string of the molecule is C=CCc1c(O)ccc2c1C(=O)N(C)/C2=C\Cc1ccccc1. The lowest BCUT2D eigenvalue weighted by molar-refractivity contribution is 0.0873. The number of carbonyl (C=O) groups is 1. The molecule has 1 aliphatic rings. The zero-order valence-corrected chi connectivity index (χ0v) is 13.1. The number of fused-ring (bicyclic) bond motifs is 1. The topological polar surface area (TPSA) is 40.5 Å². The van der Waals surface area contributed by atoms with Gasteiger partial charge in [0.05, 0.1) is 5.56 Å². The van der Waals surface area contributed by atoms with Crippen LogP contribution in [0, 0.1) is 0 Å². The van der Waals surface area contributed by atoms with Gasteiger partial charge in [-0.2, -0.15) is 0 Å². The highest BCUT2D eigenvalue weighted by Crippen LogP contribution is 2.37. The second-order valence-corrected chi connectivity index (χ2v) is 5.62. The minimum atomic E-state index is -0.0768. The molecule has 0 saturated heterocycles. The molecule has 116 valence electrons. The summed E-state index contributed by atoms with van der Waals surface area (Å²) in [5, 5.41) is 10.1. The van der Waals surface area contributed by atoms with Gasteiger partial charge in [-0.25, -0.2) is 0 Å². The molecule has 0 spiro atoms. The van der Waals surface area contributed by atoms with Crippen LogP contribution in [0.15, 0.2) is 61.2 Å². The second kappa shape index (κ2) is 6.13. The van der Waals surface area contributed by atoms with E-state index in [-0.39, 0.29) is 11.7 Å². The Bertz CT molecular complexity index is 791. The number of benzene rings is 2. The standard InChI is InChI=1S/C20H19NO2/c1-3-7-16-18(22)13-11-15-17(21(2)20(23)19(15)16)12-10-14-8-5-4-6-9-14/h3-6,8-9,11-13,22H,1,7,10H2,2H3/b17-12-. The molecule has 0 unspecified atom stereocenters. The lowest BCUT2D eigenvalue weighted by Crippen LogP contribution is -2.18. The van der Waals surface area contributed by atoms with Gasteiger partial charge >= 0.3 is 0 Å². The maximum atomic E-state index is 12.6. The minimum absolute atomic E-state index is 0.0768. The van der Waals surface area contributed by atoms with Crippen LogP contribution in [-0.4, -0.2) is 23.0 Å². The van der Waals surface area contributed by atoms with Crippen molar-refractivity contribution >= 4 is 11.6 Å². The Labute approximate surface area is 136 Å². The van der Waals surface area contributed by atoms with E-state index < -0.39 is 0 Å². The lowest BCUT2D eigenvalue weighted by Gasteiger charge is -2.11. The third-order valence-corrected chi connectivity index (χ3v) is 4.17. The summed E-state index contributed by atoms with van der Waals surface area (Å²) >= 11 is 0. The summed E-state index contributed by atoms with van der Waals surface area (Å²) < 4.78 is 0. The van der Waals surface area contributed by atoms with Crippen LogP contribution in [0.3, 0.4) is 0 Å². The van der Waals surface area contributed by atoms with Gasteiger partial charge in [-0.3, -0.25) is 4.79 Å². The molecule has 1 N–H and O–H groups in total. The van der Waals surface area contributed by atoms with Crippen molar-refractivity contribution in [3.8, 4) is 5.75 Å². The molecule has 2 aromatic carbocycles. The number of allylic oxidation sites excluding steroid dienone is 2. The summed E-state index contributed by atoms with van der Waals surface area (Å²) in [5.74, 6) is 0.0711. The van der Waals surface area contributed by atoms with Crippen molar-refractivity contribution in [2.45, 2.75) is 12.8 Å². The lowest BCUT2D eigenvalue weighted by atomic mass is 9.97. The van der Waals surface area contributed by atoms with Gasteiger partial charge in [0.2, 0.25) is 0 Å². The van der Waals surface area contributed by atoms with Gasteiger partial charge in [0.1, 0.15) is 5.75 Å². The highest BCUT2D eigenvalue weighted by Gasteiger charge is 2.32. The second-order valence-electron chi connectivity index (χ2n) is 5.62. The van der Waals surface area contributed by atoms with Gasteiger partial charge in [-0.15, -0.1) is 6.58 Å². The van der Waals surface area contributed by atoms with Gasteiger partial charge < -0.3 is 10.0 Å². The van der Waals surface area contributed by atoms with Crippen LogP contribution < -0.4 is 0 Å². The van der Waals surface area contributed by atoms with Gasteiger partial charge in [0.25, 0.3) is 5.91 Å². The largest absolute Gasteiger partial charge is 0.508 e. The van der Waals surface area contributed by atoms with E-state index >= 15 is 0 Å². The van der Waals surface area contributed by atoms with Crippen LogP contribution in [0.5, 0.6) is 5.75 Å². The number of phenols is 1. The summed E-state index contributed by atoms with van der Waals surface area (Å²) in [5.41, 5.74) is 4.20. The van der Waals surface area contributed by atoms with E-state index in [2.05, 4.69) is 24.8 Å². The summed E-state index contributed by atoms with van der Waals surface area (Å²) in [6, 6.07) is 13.6. The molecule has 3 nitrogen and oxygen atoms in total. The average Bonchev–Trinajstić information content (AvgIpc) is 2.81. The van der Waals surface area contributed by atoms with E-state index in [0.717, 1.165) is 17.7 Å². The molecule has 1 amide bonds. The number of aromatic hydroxyl groups is 1. The molecule has 0 aromatic heterocycles. The minimum Gasteiger partial charge on any atom is -0.508 e. The predicted molar refractivity (Wildman–Crippen MR) is 92.2 cm³/mol. The Morgan fingerprint density at radius 2 is 1.87 bits per heavy atom. The fourth-order valence-electron chi connectivity index (χ4n) is 2.98. The van der Waals surface area contributed by atoms with Crippen molar-refractivity contribution in [3.05, 3.63) is 83.4 Å². The van der Waals surface area contributed by atoms with E-state index in [4.69, 9.17) is 0 Å². The summed E-state index contributed by atoms with van der Waals surface area (Å²) in [7, 11) is 1.77. The normalized spacial score (nSPS) is 15.1. The molecule has 0 aliphatic carbocycles. The van der Waals surface area contributed by atoms with Gasteiger partial charge in [0, 0.05) is 23.9 Å². The van der Waals surface area contributed by atoms with Crippen molar-refractivity contribution in [2.75, 3.05) is 7.05 Å². The van der Waals surface area contributed by atoms with E-state index in [1.165, 1.54) is 5.56 Å². The molecule has 1 heterocycles. The molecule has 0 bridgehead atoms. The van der Waals surface area contributed by atoms with Crippen molar-refractivity contribution in [2.24, 2.45) is 0 Å². The van der Waals surface area contributed by atoms with Gasteiger partial charge in [-0.05, 0) is 30.5 Å².